The highest BCUT2D eigenvalue weighted by Crippen LogP contribution is 2.29. The van der Waals surface area contributed by atoms with Gasteiger partial charge in [0.05, 0.1) is 4.90 Å². The summed E-state index contributed by atoms with van der Waals surface area (Å²) in [6.07, 6.45) is 0.676. The fraction of sp³-hybridized carbons (Fsp3) is 0.235. The maximum absolute atomic E-state index is 12.1. The maximum atomic E-state index is 12.1. The van der Waals surface area contributed by atoms with Crippen molar-refractivity contribution in [2.75, 3.05) is 12.9 Å². The van der Waals surface area contributed by atoms with E-state index in [0.717, 1.165) is 11.1 Å². The molecule has 0 aromatic heterocycles. The first-order valence-corrected chi connectivity index (χ1v) is 9.09. The monoisotopic (exact) mass is 331 g/mol. The Hall–Kier alpha value is -2.18. The molecule has 5 nitrogen and oxygen atoms in total. The summed E-state index contributed by atoms with van der Waals surface area (Å²) in [5, 5.41) is 0. The van der Waals surface area contributed by atoms with Gasteiger partial charge in [-0.25, -0.2) is 8.42 Å². The van der Waals surface area contributed by atoms with E-state index < -0.39 is 16.1 Å². The average Bonchev–Trinajstić information content (AvgIpc) is 2.89. The van der Waals surface area contributed by atoms with Gasteiger partial charge in [0.1, 0.15) is 6.61 Å². The summed E-state index contributed by atoms with van der Waals surface area (Å²) >= 11 is 0. The Morgan fingerprint density at radius 3 is 2.35 bits per heavy atom. The molecule has 1 atom stereocenters. The molecule has 0 saturated carbocycles. The zero-order valence-corrected chi connectivity index (χ0v) is 13.5. The lowest BCUT2D eigenvalue weighted by Gasteiger charge is -2.23. The van der Waals surface area contributed by atoms with E-state index in [1.165, 1.54) is 18.4 Å². The van der Waals surface area contributed by atoms with Gasteiger partial charge in [-0.15, -0.1) is 0 Å². The first-order valence-electron chi connectivity index (χ1n) is 7.20. The highest BCUT2D eigenvalue weighted by molar-refractivity contribution is 7.90. The normalized spacial score (nSPS) is 18.4. The third-order valence-corrected chi connectivity index (χ3v) is 4.89. The number of ether oxygens (including phenoxy) is 1. The van der Waals surface area contributed by atoms with Crippen LogP contribution in [0, 0.1) is 0 Å². The molecule has 23 heavy (non-hydrogen) atoms. The third kappa shape index (κ3) is 3.43. The molecule has 1 aliphatic heterocycles. The van der Waals surface area contributed by atoms with E-state index in [1.807, 2.05) is 30.3 Å². The molecule has 0 N–H and O–H groups in total. The second-order valence-electron chi connectivity index (χ2n) is 5.51. The molecule has 3 rings (SSSR count). The van der Waals surface area contributed by atoms with Crippen molar-refractivity contribution in [2.24, 2.45) is 0 Å². The molecule has 0 spiro atoms. The number of hydrogen-bond donors (Lipinski definition) is 0. The number of hydrogen-bond acceptors (Lipinski definition) is 4. The molecule has 0 radical (unpaired) electrons. The first-order chi connectivity index (χ1) is 10.9. The zero-order chi connectivity index (χ0) is 16.4. The summed E-state index contributed by atoms with van der Waals surface area (Å²) in [5.41, 5.74) is 1.78. The number of rotatable bonds is 4. The van der Waals surface area contributed by atoms with Gasteiger partial charge < -0.3 is 9.64 Å². The van der Waals surface area contributed by atoms with E-state index in [9.17, 15) is 13.2 Å². The molecule has 120 valence electrons. The molecule has 2 aromatic carbocycles. The fourth-order valence-corrected chi connectivity index (χ4v) is 3.19. The summed E-state index contributed by atoms with van der Waals surface area (Å²) in [4.78, 5) is 14.0. The fourth-order valence-electron chi connectivity index (χ4n) is 2.56. The molecular formula is C17H17NO4S. The minimum atomic E-state index is -3.24. The molecule has 1 saturated heterocycles. The van der Waals surface area contributed by atoms with E-state index >= 15 is 0 Å². The summed E-state index contributed by atoms with van der Waals surface area (Å²) in [7, 11) is -3.24. The summed E-state index contributed by atoms with van der Waals surface area (Å²) in [6, 6.07) is 16.1. The minimum absolute atomic E-state index is 0.0331. The SMILES string of the molecule is CS(=O)(=O)c1ccc(C2OCC(=O)N2Cc2ccccc2)cc1. The average molecular weight is 331 g/mol. The summed E-state index contributed by atoms with van der Waals surface area (Å²) < 4.78 is 28.6. The molecule has 1 aliphatic rings. The van der Waals surface area contributed by atoms with Crippen molar-refractivity contribution in [1.29, 1.82) is 0 Å². The van der Waals surface area contributed by atoms with Crippen LogP contribution in [0.25, 0.3) is 0 Å². The van der Waals surface area contributed by atoms with E-state index in [2.05, 4.69) is 0 Å². The van der Waals surface area contributed by atoms with Gasteiger partial charge in [-0.3, -0.25) is 4.79 Å². The standard InChI is InChI=1S/C17H17NO4S/c1-23(20,21)15-9-7-14(8-10-15)17-18(16(19)12-22-17)11-13-5-3-2-4-6-13/h2-10,17H,11-12H2,1H3. The number of carbonyl (C=O) groups is 1. The van der Waals surface area contributed by atoms with Gasteiger partial charge in [-0.05, 0) is 17.7 Å². The highest BCUT2D eigenvalue weighted by atomic mass is 32.2. The quantitative estimate of drug-likeness (QED) is 0.861. The van der Waals surface area contributed by atoms with Crippen LogP contribution in [0.3, 0.4) is 0 Å². The molecule has 2 aromatic rings. The summed E-state index contributed by atoms with van der Waals surface area (Å²) in [6.45, 7) is 0.490. The molecule has 1 fully saturated rings. The Morgan fingerprint density at radius 2 is 1.74 bits per heavy atom. The van der Waals surface area contributed by atoms with Gasteiger partial charge in [-0.2, -0.15) is 0 Å². The molecular weight excluding hydrogens is 314 g/mol. The van der Waals surface area contributed by atoms with Gasteiger partial charge in [-0.1, -0.05) is 42.5 Å². The zero-order valence-electron chi connectivity index (χ0n) is 12.7. The second-order valence-corrected chi connectivity index (χ2v) is 7.53. The van der Waals surface area contributed by atoms with Crippen molar-refractivity contribution in [2.45, 2.75) is 17.7 Å². The largest absolute Gasteiger partial charge is 0.344 e. The van der Waals surface area contributed by atoms with Crippen molar-refractivity contribution in [3.05, 3.63) is 65.7 Å². The lowest BCUT2D eigenvalue weighted by Crippen LogP contribution is -2.28. The molecule has 0 aliphatic carbocycles. The lowest BCUT2D eigenvalue weighted by atomic mass is 10.1. The topological polar surface area (TPSA) is 63.7 Å². The van der Waals surface area contributed by atoms with Crippen LogP contribution < -0.4 is 0 Å². The highest BCUT2D eigenvalue weighted by Gasteiger charge is 2.33. The van der Waals surface area contributed by atoms with Crippen LogP contribution in [0.2, 0.25) is 0 Å². The smallest absolute Gasteiger partial charge is 0.251 e. The molecule has 0 bridgehead atoms. The Labute approximate surface area is 135 Å². The third-order valence-electron chi connectivity index (χ3n) is 3.76. The second kappa shape index (κ2) is 6.14. The molecule has 1 amide bonds. The van der Waals surface area contributed by atoms with Gasteiger partial charge in [0.15, 0.2) is 16.1 Å². The van der Waals surface area contributed by atoms with E-state index in [-0.39, 0.29) is 17.4 Å². The van der Waals surface area contributed by atoms with Gasteiger partial charge in [0, 0.05) is 18.4 Å². The van der Waals surface area contributed by atoms with Gasteiger partial charge in [0.2, 0.25) is 0 Å². The van der Waals surface area contributed by atoms with Crippen LogP contribution in [-0.4, -0.2) is 32.1 Å². The predicted molar refractivity (Wildman–Crippen MR) is 85.2 cm³/mol. The van der Waals surface area contributed by atoms with Crippen molar-refractivity contribution in [3.63, 3.8) is 0 Å². The Balaban J connectivity index is 1.84. The maximum Gasteiger partial charge on any atom is 0.251 e. The van der Waals surface area contributed by atoms with Gasteiger partial charge >= 0.3 is 0 Å². The Bertz CT molecular complexity index is 800. The van der Waals surface area contributed by atoms with Gasteiger partial charge in [0.25, 0.3) is 5.91 Å². The molecule has 1 heterocycles. The van der Waals surface area contributed by atoms with E-state index in [4.69, 9.17) is 4.74 Å². The van der Waals surface area contributed by atoms with Crippen molar-refractivity contribution >= 4 is 15.7 Å². The number of sulfone groups is 1. The number of amides is 1. The van der Waals surface area contributed by atoms with Crippen LogP contribution in [0.15, 0.2) is 59.5 Å². The minimum Gasteiger partial charge on any atom is -0.344 e. The first kappa shape index (κ1) is 15.7. The lowest BCUT2D eigenvalue weighted by molar-refractivity contribution is -0.128. The van der Waals surface area contributed by atoms with Crippen molar-refractivity contribution in [3.8, 4) is 0 Å². The number of nitrogens with zero attached hydrogens (tertiary/aromatic N) is 1. The van der Waals surface area contributed by atoms with Crippen molar-refractivity contribution < 1.29 is 17.9 Å². The number of benzene rings is 2. The molecule has 6 heteroatoms. The van der Waals surface area contributed by atoms with Crippen LogP contribution in [0.1, 0.15) is 17.4 Å². The van der Waals surface area contributed by atoms with Crippen molar-refractivity contribution in [1.82, 2.24) is 4.90 Å². The Morgan fingerprint density at radius 1 is 1.09 bits per heavy atom. The summed E-state index contributed by atoms with van der Waals surface area (Å²) in [5.74, 6) is -0.0777. The van der Waals surface area contributed by atoms with E-state index in [0.29, 0.717) is 6.54 Å². The predicted octanol–water partition coefficient (Wildman–Crippen LogP) is 2.15. The Kier molecular flexibility index (Phi) is 4.19. The van der Waals surface area contributed by atoms with Crippen LogP contribution in [0.4, 0.5) is 0 Å². The number of carbonyl (C=O) groups excluding carboxylic acids is 1. The van der Waals surface area contributed by atoms with Crippen LogP contribution in [0.5, 0.6) is 0 Å². The van der Waals surface area contributed by atoms with Crippen LogP contribution in [-0.2, 0) is 25.9 Å². The van der Waals surface area contributed by atoms with Crippen LogP contribution >= 0.6 is 0 Å². The van der Waals surface area contributed by atoms with E-state index in [1.54, 1.807) is 17.0 Å². The molecule has 1 unspecified atom stereocenters.